The maximum Gasteiger partial charge on any atom is 0.263 e. The van der Waals surface area contributed by atoms with Gasteiger partial charge in [-0.3, -0.25) is 9.59 Å². The average molecular weight is 390 g/mol. The lowest BCUT2D eigenvalue weighted by Crippen LogP contribution is -2.36. The van der Waals surface area contributed by atoms with E-state index >= 15 is 0 Å². The molecule has 29 heavy (non-hydrogen) atoms. The monoisotopic (exact) mass is 390 g/mol. The smallest absolute Gasteiger partial charge is 0.263 e. The second-order valence-electron chi connectivity index (χ2n) is 7.56. The SMILES string of the molecule is Cc1cccc(Cn2cccc(C(=O)N3CCCC3c3cccc(F)c3)c2=O)c1. The third kappa shape index (κ3) is 3.99. The normalized spacial score (nSPS) is 16.2. The van der Waals surface area contributed by atoms with Crippen LogP contribution in [-0.2, 0) is 6.54 Å². The third-order valence-electron chi connectivity index (χ3n) is 5.43. The van der Waals surface area contributed by atoms with Crippen LogP contribution in [0.25, 0.3) is 0 Å². The van der Waals surface area contributed by atoms with Crippen LogP contribution in [0.3, 0.4) is 0 Å². The van der Waals surface area contributed by atoms with E-state index in [4.69, 9.17) is 0 Å². The number of nitrogens with zero attached hydrogens (tertiary/aromatic N) is 2. The van der Waals surface area contributed by atoms with Gasteiger partial charge in [0.25, 0.3) is 11.5 Å². The van der Waals surface area contributed by atoms with Crippen molar-refractivity contribution in [3.05, 3.63) is 105 Å². The van der Waals surface area contributed by atoms with Crippen LogP contribution in [0, 0.1) is 12.7 Å². The summed E-state index contributed by atoms with van der Waals surface area (Å²) in [6.07, 6.45) is 3.30. The molecule has 4 rings (SSSR count). The molecule has 2 aromatic carbocycles. The lowest BCUT2D eigenvalue weighted by Gasteiger charge is -2.25. The van der Waals surface area contributed by atoms with Gasteiger partial charge >= 0.3 is 0 Å². The van der Waals surface area contributed by atoms with Gasteiger partial charge in [-0.2, -0.15) is 0 Å². The fourth-order valence-electron chi connectivity index (χ4n) is 4.06. The number of hydrogen-bond donors (Lipinski definition) is 0. The second kappa shape index (κ2) is 8.03. The summed E-state index contributed by atoms with van der Waals surface area (Å²) in [6, 6.07) is 17.4. The molecule has 0 radical (unpaired) electrons. The quantitative estimate of drug-likeness (QED) is 0.666. The van der Waals surface area contributed by atoms with E-state index in [1.807, 2.05) is 37.3 Å². The summed E-state index contributed by atoms with van der Waals surface area (Å²) in [5.41, 5.74) is 2.76. The molecule has 1 fully saturated rings. The van der Waals surface area contributed by atoms with Gasteiger partial charge in [-0.1, -0.05) is 42.0 Å². The number of carbonyl (C=O) groups is 1. The van der Waals surface area contributed by atoms with Crippen molar-refractivity contribution in [3.63, 3.8) is 0 Å². The number of hydrogen-bond acceptors (Lipinski definition) is 2. The molecular formula is C24H23FN2O2. The zero-order chi connectivity index (χ0) is 20.4. The zero-order valence-corrected chi connectivity index (χ0v) is 16.3. The van der Waals surface area contributed by atoms with Crippen LogP contribution in [0.1, 0.15) is 45.9 Å². The molecule has 1 aromatic heterocycles. The van der Waals surface area contributed by atoms with Gasteiger partial charge in [-0.25, -0.2) is 4.39 Å². The maximum atomic E-state index is 13.7. The Balaban J connectivity index is 1.62. The van der Waals surface area contributed by atoms with E-state index in [0.29, 0.717) is 13.1 Å². The molecule has 0 aliphatic carbocycles. The lowest BCUT2D eigenvalue weighted by atomic mass is 10.0. The number of carbonyl (C=O) groups excluding carboxylic acids is 1. The molecule has 4 nitrogen and oxygen atoms in total. The molecule has 1 amide bonds. The second-order valence-corrected chi connectivity index (χ2v) is 7.56. The van der Waals surface area contributed by atoms with E-state index in [9.17, 15) is 14.0 Å². The molecule has 0 N–H and O–H groups in total. The molecule has 0 spiro atoms. The minimum Gasteiger partial charge on any atom is -0.331 e. The molecule has 2 heterocycles. The Labute approximate surface area is 169 Å². The van der Waals surface area contributed by atoms with Crippen molar-refractivity contribution in [1.82, 2.24) is 9.47 Å². The van der Waals surface area contributed by atoms with Crippen LogP contribution in [0.4, 0.5) is 4.39 Å². The van der Waals surface area contributed by atoms with Crippen LogP contribution in [0.15, 0.2) is 71.7 Å². The van der Waals surface area contributed by atoms with Crippen molar-refractivity contribution in [2.24, 2.45) is 0 Å². The summed E-state index contributed by atoms with van der Waals surface area (Å²) in [6.45, 7) is 2.98. The van der Waals surface area contributed by atoms with Crippen molar-refractivity contribution >= 4 is 5.91 Å². The Bertz CT molecular complexity index is 1110. The number of pyridine rings is 1. The van der Waals surface area contributed by atoms with E-state index in [-0.39, 0.29) is 28.9 Å². The van der Waals surface area contributed by atoms with Gasteiger partial charge in [0.2, 0.25) is 0 Å². The molecule has 0 saturated carbocycles. The predicted octanol–water partition coefficient (Wildman–Crippen LogP) is 4.32. The molecule has 5 heteroatoms. The topological polar surface area (TPSA) is 42.3 Å². The highest BCUT2D eigenvalue weighted by Crippen LogP contribution is 2.33. The molecule has 1 aliphatic heterocycles. The van der Waals surface area contributed by atoms with Crippen molar-refractivity contribution in [2.75, 3.05) is 6.54 Å². The lowest BCUT2D eigenvalue weighted by molar-refractivity contribution is 0.0733. The number of aromatic nitrogens is 1. The summed E-state index contributed by atoms with van der Waals surface area (Å²) in [5.74, 6) is -0.609. The summed E-state index contributed by atoms with van der Waals surface area (Å²) < 4.78 is 15.2. The van der Waals surface area contributed by atoms with Gasteiger partial charge in [0.05, 0.1) is 12.6 Å². The van der Waals surface area contributed by atoms with Crippen molar-refractivity contribution in [1.29, 1.82) is 0 Å². The average Bonchev–Trinajstić information content (AvgIpc) is 3.19. The minimum atomic E-state index is -0.318. The number of benzene rings is 2. The van der Waals surface area contributed by atoms with Gasteiger partial charge in [0, 0.05) is 12.7 Å². The van der Waals surface area contributed by atoms with Crippen molar-refractivity contribution in [3.8, 4) is 0 Å². The largest absolute Gasteiger partial charge is 0.331 e. The van der Waals surface area contributed by atoms with E-state index in [1.165, 1.54) is 12.1 Å². The van der Waals surface area contributed by atoms with Crippen LogP contribution in [0.2, 0.25) is 0 Å². The Morgan fingerprint density at radius 1 is 1.10 bits per heavy atom. The van der Waals surface area contributed by atoms with Crippen molar-refractivity contribution < 1.29 is 9.18 Å². The fraction of sp³-hybridized carbons (Fsp3) is 0.250. The van der Waals surface area contributed by atoms with E-state index in [2.05, 4.69) is 0 Å². The summed E-state index contributed by atoms with van der Waals surface area (Å²) >= 11 is 0. The molecule has 3 aromatic rings. The standard InChI is InChI=1S/C24H23FN2O2/c1-17-6-2-7-18(14-17)16-26-12-4-10-21(23(26)28)24(29)27-13-5-11-22(27)19-8-3-9-20(25)15-19/h2-4,6-10,12,14-15,22H,5,11,13,16H2,1H3. The molecule has 1 unspecified atom stereocenters. The Hall–Kier alpha value is -3.21. The van der Waals surface area contributed by atoms with Gasteiger partial charge < -0.3 is 9.47 Å². The molecule has 1 atom stereocenters. The van der Waals surface area contributed by atoms with Crippen molar-refractivity contribution in [2.45, 2.75) is 32.4 Å². The molecule has 148 valence electrons. The van der Waals surface area contributed by atoms with Crippen LogP contribution >= 0.6 is 0 Å². The Morgan fingerprint density at radius 3 is 2.72 bits per heavy atom. The van der Waals surface area contributed by atoms with Crippen LogP contribution in [0.5, 0.6) is 0 Å². The summed E-state index contributed by atoms with van der Waals surface area (Å²) in [5, 5.41) is 0. The number of amides is 1. The number of likely N-dealkylation sites (tertiary alicyclic amines) is 1. The molecule has 1 saturated heterocycles. The zero-order valence-electron chi connectivity index (χ0n) is 16.3. The Morgan fingerprint density at radius 2 is 1.93 bits per heavy atom. The first kappa shape index (κ1) is 19.1. The van der Waals surface area contributed by atoms with Gasteiger partial charge in [-0.15, -0.1) is 0 Å². The van der Waals surface area contributed by atoms with Gasteiger partial charge in [-0.05, 0) is 55.2 Å². The first-order valence-corrected chi connectivity index (χ1v) is 9.84. The Kier molecular flexibility index (Phi) is 5.30. The van der Waals surface area contributed by atoms with E-state index in [1.54, 1.807) is 33.9 Å². The first-order valence-electron chi connectivity index (χ1n) is 9.84. The summed E-state index contributed by atoms with van der Waals surface area (Å²) in [7, 11) is 0. The van der Waals surface area contributed by atoms with Gasteiger partial charge in [0.15, 0.2) is 0 Å². The highest BCUT2D eigenvalue weighted by atomic mass is 19.1. The third-order valence-corrected chi connectivity index (χ3v) is 5.43. The van der Waals surface area contributed by atoms with E-state index in [0.717, 1.165) is 29.5 Å². The summed E-state index contributed by atoms with van der Waals surface area (Å²) in [4.78, 5) is 27.9. The van der Waals surface area contributed by atoms with Crippen LogP contribution < -0.4 is 5.56 Å². The number of rotatable bonds is 4. The number of aryl methyl sites for hydroxylation is 1. The number of halogens is 1. The fourth-order valence-corrected chi connectivity index (χ4v) is 4.06. The first-order chi connectivity index (χ1) is 14.0. The highest BCUT2D eigenvalue weighted by Gasteiger charge is 2.32. The predicted molar refractivity (Wildman–Crippen MR) is 110 cm³/mol. The minimum absolute atomic E-state index is 0.156. The molecular weight excluding hydrogens is 367 g/mol. The highest BCUT2D eigenvalue weighted by molar-refractivity contribution is 5.94. The molecule has 1 aliphatic rings. The molecule has 0 bridgehead atoms. The van der Waals surface area contributed by atoms with Gasteiger partial charge in [0.1, 0.15) is 11.4 Å². The van der Waals surface area contributed by atoms with Crippen LogP contribution in [-0.4, -0.2) is 21.9 Å². The maximum absolute atomic E-state index is 13.7. The van der Waals surface area contributed by atoms with E-state index < -0.39 is 0 Å².